The number of benzene rings is 1. The number of unbranched alkanes of at least 4 members (excludes halogenated alkanes) is 3. The summed E-state index contributed by atoms with van der Waals surface area (Å²) in [5.41, 5.74) is 0.926. The zero-order chi connectivity index (χ0) is 16.5. The van der Waals surface area contributed by atoms with Crippen molar-refractivity contribution in [2.45, 2.75) is 32.6 Å². The third kappa shape index (κ3) is 6.03. The Morgan fingerprint density at radius 1 is 1.12 bits per heavy atom. The Balaban J connectivity index is 0.00000288. The molecule has 0 unspecified atom stereocenters. The first kappa shape index (κ1) is 20.9. The molecule has 6 heteroatoms. The second-order valence-electron chi connectivity index (χ2n) is 6.00. The van der Waals surface area contributed by atoms with E-state index in [0.717, 1.165) is 44.4 Å². The summed E-state index contributed by atoms with van der Waals surface area (Å²) in [5, 5.41) is 13.5. The van der Waals surface area contributed by atoms with Crippen LogP contribution in [0.3, 0.4) is 0 Å². The fraction of sp³-hybridized carbons (Fsp3) is 0.611. The Hall–Kier alpha value is -1.18. The summed E-state index contributed by atoms with van der Waals surface area (Å²) in [5.74, 6) is 1.36. The number of para-hydroxylation sites is 2. The van der Waals surface area contributed by atoms with Crippen LogP contribution in [0.1, 0.15) is 32.6 Å². The van der Waals surface area contributed by atoms with Gasteiger partial charge in [-0.1, -0.05) is 38.3 Å². The van der Waals surface area contributed by atoms with E-state index in [2.05, 4.69) is 27.0 Å². The molecule has 136 valence electrons. The van der Waals surface area contributed by atoms with Crippen molar-refractivity contribution < 1.29 is 5.11 Å². The third-order valence-electron chi connectivity index (χ3n) is 4.33. The average molecular weight is 446 g/mol. The van der Waals surface area contributed by atoms with Crippen molar-refractivity contribution in [1.29, 1.82) is 0 Å². The number of anilines is 1. The molecule has 0 spiro atoms. The zero-order valence-corrected chi connectivity index (χ0v) is 17.2. The van der Waals surface area contributed by atoms with Crippen LogP contribution in [0, 0.1) is 0 Å². The fourth-order valence-electron chi connectivity index (χ4n) is 2.97. The maximum absolute atomic E-state index is 9.98. The largest absolute Gasteiger partial charge is 0.506 e. The van der Waals surface area contributed by atoms with E-state index in [9.17, 15) is 5.11 Å². The topological polar surface area (TPSA) is 51.1 Å². The molecule has 0 atom stereocenters. The summed E-state index contributed by atoms with van der Waals surface area (Å²) < 4.78 is 0. The summed E-state index contributed by atoms with van der Waals surface area (Å²) in [6, 6.07) is 7.56. The van der Waals surface area contributed by atoms with Crippen LogP contribution < -0.4 is 10.2 Å². The molecule has 0 bridgehead atoms. The standard InChI is InChI=1S/C18H30N4O.HI/c1-3-4-5-8-11-20-18(19-2)22-14-12-21(13-15-22)16-9-6-7-10-17(16)23;/h6-7,9-10,23H,3-5,8,11-15H2,1-2H3,(H,19,20);1H. The van der Waals surface area contributed by atoms with Gasteiger partial charge in [0.25, 0.3) is 0 Å². The van der Waals surface area contributed by atoms with Crippen LogP contribution in [0.5, 0.6) is 5.75 Å². The van der Waals surface area contributed by atoms with Crippen LogP contribution in [0.2, 0.25) is 0 Å². The van der Waals surface area contributed by atoms with Gasteiger partial charge >= 0.3 is 0 Å². The van der Waals surface area contributed by atoms with Crippen molar-refractivity contribution in [3.05, 3.63) is 24.3 Å². The second-order valence-corrected chi connectivity index (χ2v) is 6.00. The Morgan fingerprint density at radius 2 is 1.83 bits per heavy atom. The van der Waals surface area contributed by atoms with Crippen molar-refractivity contribution in [1.82, 2.24) is 10.2 Å². The zero-order valence-electron chi connectivity index (χ0n) is 14.9. The first-order valence-electron chi connectivity index (χ1n) is 8.74. The van der Waals surface area contributed by atoms with Gasteiger partial charge in [0.1, 0.15) is 5.75 Å². The van der Waals surface area contributed by atoms with Crippen LogP contribution in [-0.2, 0) is 0 Å². The van der Waals surface area contributed by atoms with Crippen LogP contribution in [0.15, 0.2) is 29.3 Å². The highest BCUT2D eigenvalue weighted by Crippen LogP contribution is 2.27. The van der Waals surface area contributed by atoms with Crippen molar-refractivity contribution in [3.63, 3.8) is 0 Å². The number of rotatable bonds is 6. The number of phenolic OH excluding ortho intramolecular Hbond substituents is 1. The Labute approximate surface area is 163 Å². The molecule has 0 aromatic heterocycles. The lowest BCUT2D eigenvalue weighted by molar-refractivity contribution is 0.369. The molecule has 0 aliphatic carbocycles. The van der Waals surface area contributed by atoms with E-state index in [4.69, 9.17) is 0 Å². The minimum atomic E-state index is 0. The highest BCUT2D eigenvalue weighted by molar-refractivity contribution is 14.0. The Morgan fingerprint density at radius 3 is 2.46 bits per heavy atom. The maximum Gasteiger partial charge on any atom is 0.193 e. The smallest absolute Gasteiger partial charge is 0.193 e. The van der Waals surface area contributed by atoms with Gasteiger partial charge in [0.2, 0.25) is 0 Å². The lowest BCUT2D eigenvalue weighted by Gasteiger charge is -2.37. The molecule has 2 rings (SSSR count). The number of nitrogens with one attached hydrogen (secondary N) is 1. The molecule has 1 aromatic rings. The van der Waals surface area contributed by atoms with Crippen molar-refractivity contribution >= 4 is 35.6 Å². The molecular weight excluding hydrogens is 415 g/mol. The van der Waals surface area contributed by atoms with E-state index in [1.165, 1.54) is 25.7 Å². The molecular formula is C18H31IN4O. The predicted octanol–water partition coefficient (Wildman–Crippen LogP) is 3.29. The lowest BCUT2D eigenvalue weighted by atomic mass is 10.2. The summed E-state index contributed by atoms with van der Waals surface area (Å²) in [6.07, 6.45) is 5.05. The molecule has 2 N–H and O–H groups in total. The summed E-state index contributed by atoms with van der Waals surface area (Å²) >= 11 is 0. The second kappa shape index (κ2) is 11.4. The normalized spacial score (nSPS) is 15.2. The third-order valence-corrected chi connectivity index (χ3v) is 4.33. The molecule has 1 aliphatic rings. The number of aliphatic imine (C=N–C) groups is 1. The van der Waals surface area contributed by atoms with Crippen molar-refractivity contribution in [2.75, 3.05) is 44.7 Å². The lowest BCUT2D eigenvalue weighted by Crippen LogP contribution is -2.52. The van der Waals surface area contributed by atoms with Gasteiger partial charge in [0, 0.05) is 39.8 Å². The van der Waals surface area contributed by atoms with E-state index in [1.807, 2.05) is 25.2 Å². The highest BCUT2D eigenvalue weighted by Gasteiger charge is 2.20. The van der Waals surface area contributed by atoms with Crippen molar-refractivity contribution in [2.24, 2.45) is 4.99 Å². The van der Waals surface area contributed by atoms with Gasteiger partial charge in [-0.15, -0.1) is 24.0 Å². The molecule has 1 heterocycles. The molecule has 5 nitrogen and oxygen atoms in total. The Bertz CT molecular complexity index is 502. The minimum absolute atomic E-state index is 0. The van der Waals surface area contributed by atoms with Gasteiger partial charge in [0.05, 0.1) is 5.69 Å². The van der Waals surface area contributed by atoms with E-state index >= 15 is 0 Å². The molecule has 1 aliphatic heterocycles. The van der Waals surface area contributed by atoms with E-state index in [1.54, 1.807) is 6.07 Å². The number of aromatic hydroxyl groups is 1. The van der Waals surface area contributed by atoms with Crippen LogP contribution >= 0.6 is 24.0 Å². The summed E-state index contributed by atoms with van der Waals surface area (Å²) in [7, 11) is 1.85. The number of guanidine groups is 1. The van der Waals surface area contributed by atoms with E-state index < -0.39 is 0 Å². The molecule has 1 saturated heterocycles. The first-order chi connectivity index (χ1) is 11.3. The van der Waals surface area contributed by atoms with E-state index in [-0.39, 0.29) is 24.0 Å². The summed E-state index contributed by atoms with van der Waals surface area (Å²) in [6.45, 7) is 6.86. The van der Waals surface area contributed by atoms with Gasteiger partial charge in [-0.25, -0.2) is 0 Å². The predicted molar refractivity (Wildman–Crippen MR) is 113 cm³/mol. The van der Waals surface area contributed by atoms with Crippen LogP contribution in [0.25, 0.3) is 0 Å². The van der Waals surface area contributed by atoms with Crippen LogP contribution in [-0.4, -0.2) is 55.7 Å². The fourth-order valence-corrected chi connectivity index (χ4v) is 2.97. The van der Waals surface area contributed by atoms with Crippen LogP contribution in [0.4, 0.5) is 5.69 Å². The van der Waals surface area contributed by atoms with Gasteiger partial charge in [-0.2, -0.15) is 0 Å². The molecule has 0 radical (unpaired) electrons. The number of hydrogen-bond acceptors (Lipinski definition) is 3. The number of halogens is 1. The monoisotopic (exact) mass is 446 g/mol. The van der Waals surface area contributed by atoms with E-state index in [0.29, 0.717) is 5.75 Å². The quantitative estimate of drug-likeness (QED) is 0.305. The molecule has 1 aromatic carbocycles. The molecule has 0 amide bonds. The number of piperazine rings is 1. The SMILES string of the molecule is CCCCCCNC(=NC)N1CCN(c2ccccc2O)CC1.I. The van der Waals surface area contributed by atoms with Crippen molar-refractivity contribution in [3.8, 4) is 5.75 Å². The Kier molecular flexibility index (Phi) is 9.90. The maximum atomic E-state index is 9.98. The molecule has 0 saturated carbocycles. The molecule has 24 heavy (non-hydrogen) atoms. The molecule has 1 fully saturated rings. The van der Waals surface area contributed by atoms with Gasteiger partial charge in [-0.05, 0) is 18.6 Å². The number of phenols is 1. The number of hydrogen-bond donors (Lipinski definition) is 2. The highest BCUT2D eigenvalue weighted by atomic mass is 127. The minimum Gasteiger partial charge on any atom is -0.506 e. The van der Waals surface area contributed by atoms with Gasteiger partial charge in [-0.3, -0.25) is 4.99 Å². The summed E-state index contributed by atoms with van der Waals surface area (Å²) in [4.78, 5) is 8.95. The number of nitrogens with zero attached hydrogens (tertiary/aromatic N) is 3. The average Bonchev–Trinajstić information content (AvgIpc) is 2.59. The first-order valence-corrected chi connectivity index (χ1v) is 8.74. The van der Waals surface area contributed by atoms with Gasteiger partial charge < -0.3 is 20.2 Å². The van der Waals surface area contributed by atoms with Gasteiger partial charge in [0.15, 0.2) is 5.96 Å².